The summed E-state index contributed by atoms with van der Waals surface area (Å²) >= 11 is 0. The fourth-order valence-corrected chi connectivity index (χ4v) is 9.48. The van der Waals surface area contributed by atoms with Crippen molar-refractivity contribution in [3.8, 4) is 0 Å². The fourth-order valence-electron chi connectivity index (χ4n) is 9.48. The van der Waals surface area contributed by atoms with Gasteiger partial charge in [0.05, 0.1) is 12.2 Å². The van der Waals surface area contributed by atoms with E-state index in [2.05, 4.69) is 27.7 Å². The summed E-state index contributed by atoms with van der Waals surface area (Å²) in [6.45, 7) is 9.44. The van der Waals surface area contributed by atoms with Gasteiger partial charge >= 0.3 is 5.97 Å². The van der Waals surface area contributed by atoms with Gasteiger partial charge in [-0.2, -0.15) is 0 Å². The predicted octanol–water partition coefficient (Wildman–Crippen LogP) is 5.11. The normalized spacial score (nSPS) is 51.5. The maximum Gasteiger partial charge on any atom is 0.303 e. The Morgan fingerprint density at radius 1 is 1.00 bits per heavy atom. The monoisotopic (exact) mass is 420 g/mol. The van der Waals surface area contributed by atoms with Crippen LogP contribution < -0.4 is 0 Å². The summed E-state index contributed by atoms with van der Waals surface area (Å²) in [6.07, 6.45) is 9.27. The summed E-state index contributed by atoms with van der Waals surface area (Å²) < 4.78 is 0. The zero-order valence-electron chi connectivity index (χ0n) is 19.5. The molecule has 0 aliphatic heterocycles. The Bertz CT molecular complexity index is 649. The first kappa shape index (κ1) is 22.6. The molecule has 4 aliphatic carbocycles. The largest absolute Gasteiger partial charge is 0.481 e. The lowest BCUT2D eigenvalue weighted by Crippen LogP contribution is -2.62. The van der Waals surface area contributed by atoms with Crippen molar-refractivity contribution in [2.75, 3.05) is 0 Å². The molecule has 0 spiro atoms. The second-order valence-electron chi connectivity index (χ2n) is 12.0. The lowest BCUT2D eigenvalue weighted by atomic mass is 9.41. The highest BCUT2D eigenvalue weighted by Crippen LogP contribution is 2.69. The lowest BCUT2D eigenvalue weighted by Gasteiger charge is -2.64. The number of aliphatic hydroxyl groups excluding tert-OH is 2. The van der Waals surface area contributed by atoms with Gasteiger partial charge in [-0.3, -0.25) is 4.79 Å². The van der Waals surface area contributed by atoms with Crippen LogP contribution in [0.4, 0.5) is 0 Å². The van der Waals surface area contributed by atoms with Crippen LogP contribution in [0, 0.1) is 52.3 Å². The SMILES string of the molecule is CC[C@H]1[C@@H](O)C2C3CCC(C(C)CCC(=O)O)[C@@]3(C)CCC2[C@@]2(C)CC[C@@H](O)C[C@@H]12. The smallest absolute Gasteiger partial charge is 0.303 e. The number of carbonyl (C=O) groups is 1. The minimum Gasteiger partial charge on any atom is -0.481 e. The van der Waals surface area contributed by atoms with Crippen LogP contribution in [-0.4, -0.2) is 33.5 Å². The van der Waals surface area contributed by atoms with Crippen molar-refractivity contribution in [2.24, 2.45) is 52.3 Å². The van der Waals surface area contributed by atoms with Crippen molar-refractivity contribution < 1.29 is 20.1 Å². The van der Waals surface area contributed by atoms with Gasteiger partial charge in [-0.15, -0.1) is 0 Å². The van der Waals surface area contributed by atoms with E-state index in [1.54, 1.807) is 0 Å². The van der Waals surface area contributed by atoms with Crippen molar-refractivity contribution in [3.05, 3.63) is 0 Å². The molecule has 4 saturated carbocycles. The van der Waals surface area contributed by atoms with E-state index in [1.807, 2.05) is 0 Å². The maximum absolute atomic E-state index is 11.7. The van der Waals surface area contributed by atoms with E-state index in [-0.39, 0.29) is 29.5 Å². The Morgan fingerprint density at radius 3 is 2.33 bits per heavy atom. The van der Waals surface area contributed by atoms with Crippen molar-refractivity contribution in [3.63, 3.8) is 0 Å². The van der Waals surface area contributed by atoms with E-state index in [9.17, 15) is 15.0 Å². The minimum absolute atomic E-state index is 0.194. The van der Waals surface area contributed by atoms with Gasteiger partial charge in [-0.05, 0) is 104 Å². The summed E-state index contributed by atoms with van der Waals surface area (Å²) in [4.78, 5) is 11.1. The van der Waals surface area contributed by atoms with Gasteiger partial charge in [-0.1, -0.05) is 34.1 Å². The predicted molar refractivity (Wildman–Crippen MR) is 118 cm³/mol. The number of hydrogen-bond donors (Lipinski definition) is 3. The molecule has 3 N–H and O–H groups in total. The van der Waals surface area contributed by atoms with Gasteiger partial charge < -0.3 is 15.3 Å². The van der Waals surface area contributed by atoms with E-state index in [0.29, 0.717) is 41.4 Å². The Hall–Kier alpha value is -0.610. The molecule has 30 heavy (non-hydrogen) atoms. The minimum atomic E-state index is -0.683. The molecule has 0 aromatic heterocycles. The van der Waals surface area contributed by atoms with Crippen LogP contribution in [0.5, 0.6) is 0 Å². The lowest BCUT2D eigenvalue weighted by molar-refractivity contribution is -0.203. The molecule has 4 heteroatoms. The van der Waals surface area contributed by atoms with E-state index >= 15 is 0 Å². The molecular formula is C26H44O4. The number of fused-ring (bicyclic) bond motifs is 5. The van der Waals surface area contributed by atoms with Gasteiger partial charge in [-0.25, -0.2) is 0 Å². The molecule has 0 aromatic carbocycles. The van der Waals surface area contributed by atoms with E-state index in [4.69, 9.17) is 5.11 Å². The van der Waals surface area contributed by atoms with Crippen LogP contribution in [-0.2, 0) is 4.79 Å². The van der Waals surface area contributed by atoms with E-state index in [1.165, 1.54) is 25.7 Å². The van der Waals surface area contributed by atoms with Crippen LogP contribution in [0.25, 0.3) is 0 Å². The average molecular weight is 421 g/mol. The van der Waals surface area contributed by atoms with Crippen LogP contribution >= 0.6 is 0 Å². The first-order chi connectivity index (χ1) is 14.1. The van der Waals surface area contributed by atoms with Gasteiger partial charge in [0, 0.05) is 6.42 Å². The standard InChI is InChI=1S/C26H44O4/c1-5-17-21-14-16(27)10-12-26(21,4)20-11-13-25(3)18(15(2)6-9-22(28)29)7-8-19(25)23(20)24(17)30/h15-21,23-24,27,30H,5-14H2,1-4H3,(H,28,29)/t15?,16-,17-,18?,19?,20?,21+,23?,24-,25-,26-/m1/s1. The first-order valence-corrected chi connectivity index (χ1v) is 12.7. The highest BCUT2D eigenvalue weighted by molar-refractivity contribution is 5.66. The number of carboxylic acid groups (broad SMARTS) is 1. The van der Waals surface area contributed by atoms with Gasteiger partial charge in [0.1, 0.15) is 0 Å². The van der Waals surface area contributed by atoms with Gasteiger partial charge in [0.2, 0.25) is 0 Å². The van der Waals surface area contributed by atoms with Crippen molar-refractivity contribution in [2.45, 2.75) is 104 Å². The quantitative estimate of drug-likeness (QED) is 0.577. The summed E-state index contributed by atoms with van der Waals surface area (Å²) in [5.74, 6) is 2.58. The van der Waals surface area contributed by atoms with Crippen LogP contribution in [0.2, 0.25) is 0 Å². The molecule has 172 valence electrons. The molecular weight excluding hydrogens is 376 g/mol. The van der Waals surface area contributed by atoms with Crippen molar-refractivity contribution in [1.29, 1.82) is 0 Å². The fraction of sp³-hybridized carbons (Fsp3) is 0.962. The van der Waals surface area contributed by atoms with Gasteiger partial charge in [0.25, 0.3) is 0 Å². The number of rotatable bonds is 5. The number of hydrogen-bond acceptors (Lipinski definition) is 3. The topological polar surface area (TPSA) is 77.8 Å². The summed E-state index contributed by atoms with van der Waals surface area (Å²) in [5, 5.41) is 31.3. The highest BCUT2D eigenvalue weighted by atomic mass is 16.4. The van der Waals surface area contributed by atoms with E-state index < -0.39 is 5.97 Å². The van der Waals surface area contributed by atoms with Crippen molar-refractivity contribution >= 4 is 5.97 Å². The molecule has 4 rings (SSSR count). The zero-order valence-corrected chi connectivity index (χ0v) is 19.5. The van der Waals surface area contributed by atoms with E-state index in [0.717, 1.165) is 32.1 Å². The Kier molecular flexibility index (Phi) is 6.07. The third-order valence-corrected chi connectivity index (χ3v) is 11.0. The molecule has 0 saturated heterocycles. The third kappa shape index (κ3) is 3.36. The first-order valence-electron chi connectivity index (χ1n) is 12.7. The molecule has 0 amide bonds. The molecule has 11 atom stereocenters. The molecule has 0 aromatic rings. The zero-order chi connectivity index (χ0) is 21.8. The Morgan fingerprint density at radius 2 is 1.67 bits per heavy atom. The molecule has 4 aliphatic rings. The second-order valence-corrected chi connectivity index (χ2v) is 12.0. The summed E-state index contributed by atoms with van der Waals surface area (Å²) in [5.41, 5.74) is 0.480. The van der Waals surface area contributed by atoms with Crippen LogP contribution in [0.15, 0.2) is 0 Å². The van der Waals surface area contributed by atoms with Crippen LogP contribution in [0.3, 0.4) is 0 Å². The summed E-state index contributed by atoms with van der Waals surface area (Å²) in [6, 6.07) is 0. The van der Waals surface area contributed by atoms with Crippen LogP contribution in [0.1, 0.15) is 91.9 Å². The third-order valence-electron chi connectivity index (χ3n) is 11.0. The second kappa shape index (κ2) is 8.06. The number of aliphatic hydroxyl groups is 2. The molecule has 5 unspecified atom stereocenters. The Labute approximate surface area is 182 Å². The van der Waals surface area contributed by atoms with Crippen molar-refractivity contribution in [1.82, 2.24) is 0 Å². The molecule has 0 radical (unpaired) electrons. The molecule has 0 heterocycles. The number of carboxylic acids is 1. The summed E-state index contributed by atoms with van der Waals surface area (Å²) in [7, 11) is 0. The maximum atomic E-state index is 11.7. The highest BCUT2D eigenvalue weighted by Gasteiger charge is 2.64. The van der Waals surface area contributed by atoms with Gasteiger partial charge in [0.15, 0.2) is 0 Å². The molecule has 4 nitrogen and oxygen atoms in total. The average Bonchev–Trinajstić information content (AvgIpc) is 3.05. The Balaban J connectivity index is 1.61. The number of aliphatic carboxylic acids is 1. The molecule has 0 bridgehead atoms. The molecule has 4 fully saturated rings.